The summed E-state index contributed by atoms with van der Waals surface area (Å²) in [5.74, 6) is -0.0953. The van der Waals surface area contributed by atoms with E-state index in [1.54, 1.807) is 30.3 Å². The topological polar surface area (TPSA) is 43.4 Å². The number of benzene rings is 1. The number of hydrogen-bond acceptors (Lipinski definition) is 3. The second-order valence-corrected chi connectivity index (χ2v) is 4.66. The fraction of sp³-hybridized carbons (Fsp3) is 0.273. The predicted octanol–water partition coefficient (Wildman–Crippen LogP) is 2.46. The van der Waals surface area contributed by atoms with Gasteiger partial charge in [-0.2, -0.15) is 8.42 Å². The van der Waals surface area contributed by atoms with Gasteiger partial charge in [0.1, 0.15) is 12.0 Å². The summed E-state index contributed by atoms with van der Waals surface area (Å²) < 4.78 is 27.5. The third-order valence-corrected chi connectivity index (χ3v) is 2.81. The summed E-state index contributed by atoms with van der Waals surface area (Å²) in [6, 6.07) is 8.95. The molecule has 0 atom stereocenters. The van der Waals surface area contributed by atoms with Gasteiger partial charge in [0.05, 0.1) is 0 Å². The quantitative estimate of drug-likeness (QED) is 0.572. The maximum absolute atomic E-state index is 11.4. The van der Waals surface area contributed by atoms with Crippen molar-refractivity contribution in [1.29, 1.82) is 0 Å². The van der Waals surface area contributed by atoms with Gasteiger partial charge >= 0.3 is 10.1 Å². The molecule has 0 radical (unpaired) electrons. The summed E-state index contributed by atoms with van der Waals surface area (Å²) in [7, 11) is -3.49. The van der Waals surface area contributed by atoms with E-state index in [4.69, 9.17) is 0 Å². The molecule has 15 heavy (non-hydrogen) atoms. The normalized spacial score (nSPS) is 11.8. The molecule has 0 aromatic heterocycles. The van der Waals surface area contributed by atoms with E-state index in [2.05, 4.69) is 4.18 Å². The van der Waals surface area contributed by atoms with E-state index in [1.807, 2.05) is 13.0 Å². The fourth-order valence-corrected chi connectivity index (χ4v) is 1.95. The van der Waals surface area contributed by atoms with Crippen molar-refractivity contribution < 1.29 is 12.6 Å². The third kappa shape index (κ3) is 4.65. The fourth-order valence-electron chi connectivity index (χ4n) is 1.03. The highest BCUT2D eigenvalue weighted by Gasteiger charge is 2.10. The summed E-state index contributed by atoms with van der Waals surface area (Å²) in [5, 5.41) is 0. The molecule has 1 rings (SSSR count). The zero-order valence-corrected chi connectivity index (χ0v) is 9.41. The van der Waals surface area contributed by atoms with Crippen LogP contribution in [0.1, 0.15) is 18.9 Å². The highest BCUT2D eigenvalue weighted by atomic mass is 32.2. The molecule has 1 aromatic rings. The molecular weight excluding hydrogens is 212 g/mol. The third-order valence-electron chi connectivity index (χ3n) is 1.72. The van der Waals surface area contributed by atoms with E-state index in [0.717, 1.165) is 12.0 Å². The minimum atomic E-state index is -3.49. The van der Waals surface area contributed by atoms with Crippen LogP contribution in [0.2, 0.25) is 0 Å². The molecule has 1 aromatic carbocycles. The number of allylic oxidation sites excluding steroid dienone is 1. The van der Waals surface area contributed by atoms with Gasteiger partial charge in [-0.25, -0.2) is 0 Å². The molecule has 0 N–H and O–H groups in total. The molecule has 0 heterocycles. The van der Waals surface area contributed by atoms with Crippen molar-refractivity contribution in [2.24, 2.45) is 0 Å². The molecular formula is C11H14O3S. The van der Waals surface area contributed by atoms with Crippen LogP contribution < -0.4 is 0 Å². The van der Waals surface area contributed by atoms with Gasteiger partial charge in [0.2, 0.25) is 0 Å². The summed E-state index contributed by atoms with van der Waals surface area (Å²) >= 11 is 0. The minimum absolute atomic E-state index is 0.0953. The van der Waals surface area contributed by atoms with E-state index in [1.165, 1.54) is 6.26 Å². The van der Waals surface area contributed by atoms with Crippen LogP contribution in [-0.4, -0.2) is 8.42 Å². The standard InChI is InChI=1S/C11H14O3S/c1-2-3-9-14-15(12,13)10-11-7-5-4-6-8-11/h3-9H,2,10H2,1H3. The first-order valence-electron chi connectivity index (χ1n) is 4.74. The van der Waals surface area contributed by atoms with Crippen molar-refractivity contribution in [3.63, 3.8) is 0 Å². The lowest BCUT2D eigenvalue weighted by Gasteiger charge is -2.02. The second kappa shape index (κ2) is 5.56. The molecule has 4 heteroatoms. The Morgan fingerprint density at radius 1 is 1.27 bits per heavy atom. The molecule has 0 fully saturated rings. The molecule has 0 saturated carbocycles. The van der Waals surface area contributed by atoms with E-state index >= 15 is 0 Å². The molecule has 82 valence electrons. The molecule has 0 aliphatic rings. The lowest BCUT2D eigenvalue weighted by Crippen LogP contribution is -2.04. The summed E-state index contributed by atoms with van der Waals surface area (Å²) in [5.41, 5.74) is 0.724. The first kappa shape index (κ1) is 11.8. The van der Waals surface area contributed by atoms with Gasteiger partial charge in [0, 0.05) is 0 Å². The lowest BCUT2D eigenvalue weighted by atomic mass is 10.2. The number of rotatable bonds is 5. The maximum atomic E-state index is 11.4. The molecule has 0 aliphatic heterocycles. The highest BCUT2D eigenvalue weighted by molar-refractivity contribution is 7.86. The smallest absolute Gasteiger partial charge is 0.312 e. The van der Waals surface area contributed by atoms with E-state index in [0.29, 0.717) is 0 Å². The average Bonchev–Trinajstić information content (AvgIpc) is 2.18. The molecule has 0 aliphatic carbocycles. The van der Waals surface area contributed by atoms with Crippen LogP contribution in [0.15, 0.2) is 42.7 Å². The predicted molar refractivity (Wildman–Crippen MR) is 59.6 cm³/mol. The first-order valence-corrected chi connectivity index (χ1v) is 6.31. The van der Waals surface area contributed by atoms with Crippen LogP contribution in [0.5, 0.6) is 0 Å². The SMILES string of the molecule is CCC=COS(=O)(=O)Cc1ccccc1. The van der Waals surface area contributed by atoms with Gasteiger partial charge in [-0.3, -0.25) is 0 Å². The molecule has 0 spiro atoms. The van der Waals surface area contributed by atoms with E-state index in [-0.39, 0.29) is 5.75 Å². The average molecular weight is 226 g/mol. The Morgan fingerprint density at radius 3 is 2.53 bits per heavy atom. The Morgan fingerprint density at radius 2 is 1.93 bits per heavy atom. The van der Waals surface area contributed by atoms with Crippen molar-refractivity contribution in [3.8, 4) is 0 Å². The number of hydrogen-bond donors (Lipinski definition) is 0. The van der Waals surface area contributed by atoms with Crippen LogP contribution in [0, 0.1) is 0 Å². The molecule has 0 unspecified atom stereocenters. The summed E-state index contributed by atoms with van der Waals surface area (Å²) in [4.78, 5) is 0. The lowest BCUT2D eigenvalue weighted by molar-refractivity contribution is 0.441. The van der Waals surface area contributed by atoms with Crippen LogP contribution >= 0.6 is 0 Å². The minimum Gasteiger partial charge on any atom is -0.390 e. The molecule has 3 nitrogen and oxygen atoms in total. The zero-order chi connectivity index (χ0) is 11.1. The van der Waals surface area contributed by atoms with Crippen molar-refractivity contribution in [2.45, 2.75) is 19.1 Å². The summed E-state index contributed by atoms with van der Waals surface area (Å²) in [6.07, 6.45) is 3.63. The highest BCUT2D eigenvalue weighted by Crippen LogP contribution is 2.07. The monoisotopic (exact) mass is 226 g/mol. The molecule has 0 saturated heterocycles. The maximum Gasteiger partial charge on any atom is 0.312 e. The Kier molecular flexibility index (Phi) is 4.37. The van der Waals surface area contributed by atoms with Crippen LogP contribution in [0.3, 0.4) is 0 Å². The van der Waals surface area contributed by atoms with Crippen LogP contribution in [-0.2, 0) is 20.1 Å². The van der Waals surface area contributed by atoms with Gasteiger partial charge in [-0.1, -0.05) is 37.3 Å². The Hall–Kier alpha value is -1.29. The van der Waals surface area contributed by atoms with E-state index < -0.39 is 10.1 Å². The van der Waals surface area contributed by atoms with Gasteiger partial charge < -0.3 is 4.18 Å². The Balaban J connectivity index is 2.61. The summed E-state index contributed by atoms with van der Waals surface area (Å²) in [6.45, 7) is 1.91. The largest absolute Gasteiger partial charge is 0.390 e. The Labute approximate surface area is 90.5 Å². The van der Waals surface area contributed by atoms with Gasteiger partial charge in [0.25, 0.3) is 0 Å². The van der Waals surface area contributed by atoms with Crippen molar-refractivity contribution >= 4 is 10.1 Å². The zero-order valence-electron chi connectivity index (χ0n) is 8.59. The Bertz CT molecular complexity index is 407. The van der Waals surface area contributed by atoms with Crippen molar-refractivity contribution in [1.82, 2.24) is 0 Å². The van der Waals surface area contributed by atoms with Gasteiger partial charge in [0.15, 0.2) is 0 Å². The van der Waals surface area contributed by atoms with E-state index in [9.17, 15) is 8.42 Å². The van der Waals surface area contributed by atoms with Crippen LogP contribution in [0.25, 0.3) is 0 Å². The van der Waals surface area contributed by atoms with Crippen LogP contribution in [0.4, 0.5) is 0 Å². The van der Waals surface area contributed by atoms with Gasteiger partial charge in [-0.05, 0) is 18.1 Å². The molecule has 0 amide bonds. The second-order valence-electron chi connectivity index (χ2n) is 3.06. The van der Waals surface area contributed by atoms with Crippen molar-refractivity contribution in [3.05, 3.63) is 48.2 Å². The van der Waals surface area contributed by atoms with Crippen molar-refractivity contribution in [2.75, 3.05) is 0 Å². The van der Waals surface area contributed by atoms with Gasteiger partial charge in [-0.15, -0.1) is 0 Å². The molecule has 0 bridgehead atoms. The first-order chi connectivity index (χ1) is 7.14.